The molecule has 2 rings (SSSR count). The Labute approximate surface area is 103 Å². The monoisotopic (exact) mass is 332 g/mol. The van der Waals surface area contributed by atoms with Gasteiger partial charge < -0.3 is 9.26 Å². The summed E-state index contributed by atoms with van der Waals surface area (Å²) in [5.41, 5.74) is 0.799. The number of halogens is 2. The summed E-state index contributed by atoms with van der Waals surface area (Å²) in [6, 6.07) is 5.54. The summed E-state index contributed by atoms with van der Waals surface area (Å²) >= 11 is 6.53. The summed E-state index contributed by atoms with van der Waals surface area (Å²) in [4.78, 5) is 4.07. The van der Waals surface area contributed by atoms with Crippen molar-refractivity contribution in [3.63, 3.8) is 0 Å². The zero-order valence-electron chi connectivity index (χ0n) is 7.70. The van der Waals surface area contributed by atoms with E-state index < -0.39 is 0 Å². The van der Waals surface area contributed by atoms with Crippen molar-refractivity contribution in [2.45, 2.75) is 0 Å². The molecule has 0 aliphatic heterocycles. The van der Waals surface area contributed by atoms with Gasteiger partial charge in [0, 0.05) is 4.47 Å². The maximum absolute atomic E-state index is 5.12. The van der Waals surface area contributed by atoms with Crippen LogP contribution in [0.15, 0.2) is 31.9 Å². The summed E-state index contributed by atoms with van der Waals surface area (Å²) < 4.78 is 11.5. The molecule has 1 heterocycles. The first-order chi connectivity index (χ1) is 7.20. The van der Waals surface area contributed by atoms with Gasteiger partial charge in [-0.25, -0.2) is 0 Å². The number of benzene rings is 1. The molecule has 0 saturated carbocycles. The molecule has 4 nitrogen and oxygen atoms in total. The predicted molar refractivity (Wildman–Crippen MR) is 61.7 cm³/mol. The third-order valence-corrected chi connectivity index (χ3v) is 2.82. The van der Waals surface area contributed by atoms with Crippen molar-refractivity contribution in [3.8, 4) is 17.2 Å². The second-order valence-corrected chi connectivity index (χ2v) is 4.28. The van der Waals surface area contributed by atoms with Crippen LogP contribution in [0.5, 0.6) is 5.75 Å². The zero-order chi connectivity index (χ0) is 10.8. The van der Waals surface area contributed by atoms with E-state index in [1.807, 2.05) is 18.2 Å². The van der Waals surface area contributed by atoms with Crippen LogP contribution in [-0.4, -0.2) is 17.3 Å². The Balaban J connectivity index is 2.51. The van der Waals surface area contributed by atoms with Crippen LogP contribution in [0, 0.1) is 0 Å². The van der Waals surface area contributed by atoms with E-state index in [2.05, 4.69) is 42.0 Å². The molecule has 0 fully saturated rings. The molecule has 78 valence electrons. The van der Waals surface area contributed by atoms with E-state index in [1.165, 1.54) is 0 Å². The highest BCUT2D eigenvalue weighted by atomic mass is 79.9. The fourth-order valence-electron chi connectivity index (χ4n) is 1.11. The normalized spacial score (nSPS) is 10.3. The van der Waals surface area contributed by atoms with Gasteiger partial charge >= 0.3 is 0 Å². The van der Waals surface area contributed by atoms with Crippen LogP contribution >= 0.6 is 31.9 Å². The minimum Gasteiger partial charge on any atom is -0.497 e. The lowest BCUT2D eigenvalue weighted by Crippen LogP contribution is -1.85. The number of hydrogen-bond acceptors (Lipinski definition) is 4. The van der Waals surface area contributed by atoms with Crippen LogP contribution in [0.2, 0.25) is 0 Å². The summed E-state index contributed by atoms with van der Waals surface area (Å²) in [7, 11) is 1.61. The first kappa shape index (κ1) is 10.6. The van der Waals surface area contributed by atoms with E-state index in [4.69, 9.17) is 9.26 Å². The number of hydrogen-bond donors (Lipinski definition) is 0. The fourth-order valence-corrected chi connectivity index (χ4v) is 1.76. The van der Waals surface area contributed by atoms with E-state index >= 15 is 0 Å². The molecule has 0 radical (unpaired) electrons. The standard InChI is InChI=1S/C9H6Br2N2O2/c1-14-5-2-3-7(10)6(4-5)8-12-9(11)13-15-8/h2-4H,1H3. The van der Waals surface area contributed by atoms with Gasteiger partial charge in [-0.15, -0.1) is 0 Å². The van der Waals surface area contributed by atoms with Gasteiger partial charge in [-0.2, -0.15) is 4.98 Å². The molecule has 0 atom stereocenters. The largest absolute Gasteiger partial charge is 0.497 e. The zero-order valence-corrected chi connectivity index (χ0v) is 10.9. The Hall–Kier alpha value is -0.880. The summed E-state index contributed by atoms with van der Waals surface area (Å²) in [6.07, 6.45) is 0. The lowest BCUT2D eigenvalue weighted by molar-refractivity contribution is 0.412. The maximum atomic E-state index is 5.12. The molecule has 0 unspecified atom stereocenters. The van der Waals surface area contributed by atoms with Crippen LogP contribution in [0.4, 0.5) is 0 Å². The van der Waals surface area contributed by atoms with Crippen LogP contribution in [0.1, 0.15) is 0 Å². The summed E-state index contributed by atoms with van der Waals surface area (Å²) in [5, 5.41) is 3.66. The third kappa shape index (κ3) is 2.21. The van der Waals surface area contributed by atoms with Gasteiger partial charge in [0.15, 0.2) is 0 Å². The highest BCUT2D eigenvalue weighted by Crippen LogP contribution is 2.30. The van der Waals surface area contributed by atoms with Gasteiger partial charge in [0.05, 0.1) is 12.7 Å². The predicted octanol–water partition coefficient (Wildman–Crippen LogP) is 3.27. The number of methoxy groups -OCH3 is 1. The number of aromatic nitrogens is 2. The molecule has 0 aliphatic carbocycles. The van der Waals surface area contributed by atoms with Crippen LogP contribution in [-0.2, 0) is 0 Å². The maximum Gasteiger partial charge on any atom is 0.259 e. The second kappa shape index (κ2) is 4.32. The van der Waals surface area contributed by atoms with Crippen molar-refractivity contribution in [1.29, 1.82) is 0 Å². The molecule has 0 bridgehead atoms. The molecule has 1 aromatic carbocycles. The van der Waals surface area contributed by atoms with E-state index in [0.29, 0.717) is 10.6 Å². The summed E-state index contributed by atoms with van der Waals surface area (Å²) in [6.45, 7) is 0. The van der Waals surface area contributed by atoms with Crippen molar-refractivity contribution < 1.29 is 9.26 Å². The Morgan fingerprint density at radius 3 is 2.73 bits per heavy atom. The van der Waals surface area contributed by atoms with E-state index in [-0.39, 0.29) is 0 Å². The highest BCUT2D eigenvalue weighted by Gasteiger charge is 2.11. The fraction of sp³-hybridized carbons (Fsp3) is 0.111. The molecule has 0 amide bonds. The van der Waals surface area contributed by atoms with E-state index in [1.54, 1.807) is 7.11 Å². The van der Waals surface area contributed by atoms with Crippen molar-refractivity contribution in [2.24, 2.45) is 0 Å². The van der Waals surface area contributed by atoms with Crippen molar-refractivity contribution in [1.82, 2.24) is 10.1 Å². The smallest absolute Gasteiger partial charge is 0.259 e. The third-order valence-electron chi connectivity index (χ3n) is 1.81. The average Bonchev–Trinajstić information content (AvgIpc) is 2.65. The van der Waals surface area contributed by atoms with Crippen molar-refractivity contribution >= 4 is 31.9 Å². The lowest BCUT2D eigenvalue weighted by atomic mass is 10.2. The Morgan fingerprint density at radius 2 is 2.13 bits per heavy atom. The van der Waals surface area contributed by atoms with Gasteiger partial charge in [-0.05, 0) is 55.2 Å². The second-order valence-electron chi connectivity index (χ2n) is 2.71. The van der Waals surface area contributed by atoms with Gasteiger partial charge in [-0.3, -0.25) is 0 Å². The quantitative estimate of drug-likeness (QED) is 0.846. The minimum atomic E-state index is 0.423. The van der Waals surface area contributed by atoms with Crippen LogP contribution < -0.4 is 4.74 Å². The first-order valence-corrected chi connectivity index (χ1v) is 5.62. The molecule has 0 aliphatic rings. The molecule has 1 aromatic heterocycles. The summed E-state index contributed by atoms with van der Waals surface area (Å²) in [5.74, 6) is 1.18. The van der Waals surface area contributed by atoms with Gasteiger partial charge in [0.25, 0.3) is 5.89 Å². The molecule has 0 spiro atoms. The van der Waals surface area contributed by atoms with Crippen LogP contribution in [0.25, 0.3) is 11.5 Å². The SMILES string of the molecule is COc1ccc(Br)c(-c2nc(Br)no2)c1. The first-order valence-electron chi connectivity index (χ1n) is 4.04. The topological polar surface area (TPSA) is 48.2 Å². The van der Waals surface area contributed by atoms with Gasteiger partial charge in [0.1, 0.15) is 5.75 Å². The molecule has 0 saturated heterocycles. The number of rotatable bonds is 2. The van der Waals surface area contributed by atoms with Crippen molar-refractivity contribution in [3.05, 3.63) is 27.4 Å². The molecule has 0 N–H and O–H groups in total. The van der Waals surface area contributed by atoms with Crippen LogP contribution in [0.3, 0.4) is 0 Å². The molecule has 2 aromatic rings. The number of nitrogens with zero attached hydrogens (tertiary/aromatic N) is 2. The molecular formula is C9H6Br2N2O2. The number of ether oxygens (including phenoxy) is 1. The minimum absolute atomic E-state index is 0.423. The van der Waals surface area contributed by atoms with E-state index in [9.17, 15) is 0 Å². The van der Waals surface area contributed by atoms with Gasteiger partial charge in [0.2, 0.25) is 4.73 Å². The highest BCUT2D eigenvalue weighted by molar-refractivity contribution is 9.10. The van der Waals surface area contributed by atoms with E-state index in [0.717, 1.165) is 15.8 Å². The van der Waals surface area contributed by atoms with Gasteiger partial charge in [-0.1, -0.05) is 0 Å². The Bertz CT molecular complexity index is 485. The van der Waals surface area contributed by atoms with Crippen molar-refractivity contribution in [2.75, 3.05) is 7.11 Å². The Morgan fingerprint density at radius 1 is 1.33 bits per heavy atom. The molecule has 6 heteroatoms. The molecule has 15 heavy (non-hydrogen) atoms. The average molecular weight is 334 g/mol. The lowest BCUT2D eigenvalue weighted by Gasteiger charge is -2.02. The Kier molecular flexibility index (Phi) is 3.06. The molecular weight excluding hydrogens is 328 g/mol.